The molecule has 7 rings (SSSR count). The molecule has 0 bridgehead atoms. The van der Waals surface area contributed by atoms with Crippen LogP contribution in [-0.2, 0) is 10.2 Å². The van der Waals surface area contributed by atoms with E-state index in [1.165, 1.54) is 0 Å². The highest BCUT2D eigenvalue weighted by Gasteiger charge is 2.58. The Labute approximate surface area is 202 Å². The van der Waals surface area contributed by atoms with Crippen LogP contribution in [0.1, 0.15) is 38.7 Å². The molecule has 170 valence electrons. The molecule has 3 aliphatic heterocycles. The summed E-state index contributed by atoms with van der Waals surface area (Å²) in [6, 6.07) is 31.3. The summed E-state index contributed by atoms with van der Waals surface area (Å²) in [5.74, 6) is 0.987. The van der Waals surface area contributed by atoms with Crippen molar-refractivity contribution in [3.63, 3.8) is 0 Å². The third-order valence-electron chi connectivity index (χ3n) is 7.34. The minimum Gasteiger partial charge on any atom is -0.491 e. The van der Waals surface area contributed by atoms with Crippen LogP contribution < -0.4 is 14.4 Å². The SMILES string of the molecule is O=C1COc2cc3c(cc21)C1(CO3)C(=O)N(C(c2ccccc2)c2ccccc2)c2ccccc21. The number of hydrogen-bond donors (Lipinski definition) is 0. The Hall–Kier alpha value is -4.38. The number of hydrogen-bond acceptors (Lipinski definition) is 4. The molecular formula is C30H21NO4. The van der Waals surface area contributed by atoms with Gasteiger partial charge in [0.2, 0.25) is 11.7 Å². The quantitative estimate of drug-likeness (QED) is 0.429. The molecule has 5 nitrogen and oxygen atoms in total. The van der Waals surface area contributed by atoms with Gasteiger partial charge in [0.1, 0.15) is 23.5 Å². The maximum absolute atomic E-state index is 14.6. The standard InChI is InChI=1S/C30H21NO4/c32-25-17-34-26-16-27-23(15-21(25)26)30(18-35-27)22-13-7-8-14-24(22)31(29(30)33)28(19-9-3-1-4-10-19)20-11-5-2-6-12-20/h1-16,28H,17-18H2. The molecule has 1 unspecified atom stereocenters. The van der Waals surface area contributed by atoms with Crippen LogP contribution in [0.25, 0.3) is 0 Å². The van der Waals surface area contributed by atoms with Gasteiger partial charge in [-0.15, -0.1) is 0 Å². The second-order valence-electron chi connectivity index (χ2n) is 9.17. The van der Waals surface area contributed by atoms with Crippen LogP contribution in [-0.4, -0.2) is 24.9 Å². The summed E-state index contributed by atoms with van der Waals surface area (Å²) in [7, 11) is 0. The van der Waals surface area contributed by atoms with Crippen molar-refractivity contribution < 1.29 is 19.1 Å². The first kappa shape index (κ1) is 20.0. The number of carbonyl (C=O) groups excluding carboxylic acids is 2. The number of ketones is 1. The molecule has 5 heteroatoms. The predicted molar refractivity (Wildman–Crippen MR) is 131 cm³/mol. The van der Waals surface area contributed by atoms with E-state index in [9.17, 15) is 9.59 Å². The van der Waals surface area contributed by atoms with Gasteiger partial charge in [-0.3, -0.25) is 14.5 Å². The zero-order chi connectivity index (χ0) is 23.6. The van der Waals surface area contributed by atoms with Crippen LogP contribution in [0.3, 0.4) is 0 Å². The van der Waals surface area contributed by atoms with Crippen molar-refractivity contribution in [1.82, 2.24) is 0 Å². The van der Waals surface area contributed by atoms with Gasteiger partial charge in [0.15, 0.2) is 6.61 Å². The lowest BCUT2D eigenvalue weighted by Crippen LogP contribution is -2.44. The molecule has 3 aliphatic rings. The van der Waals surface area contributed by atoms with E-state index < -0.39 is 5.41 Å². The fraction of sp³-hybridized carbons (Fsp3) is 0.133. The van der Waals surface area contributed by atoms with Gasteiger partial charge in [-0.2, -0.15) is 0 Å². The van der Waals surface area contributed by atoms with Gasteiger partial charge in [-0.25, -0.2) is 0 Å². The van der Waals surface area contributed by atoms with Crippen molar-refractivity contribution in [3.05, 3.63) is 125 Å². The van der Waals surface area contributed by atoms with Crippen LogP contribution in [0.4, 0.5) is 5.69 Å². The van der Waals surface area contributed by atoms with Crippen LogP contribution in [0.5, 0.6) is 11.5 Å². The van der Waals surface area contributed by atoms with Gasteiger partial charge in [0.25, 0.3) is 0 Å². The van der Waals surface area contributed by atoms with Gasteiger partial charge in [-0.1, -0.05) is 78.9 Å². The van der Waals surface area contributed by atoms with Crippen molar-refractivity contribution >= 4 is 17.4 Å². The maximum Gasteiger partial charge on any atom is 0.246 e. The molecule has 0 N–H and O–H groups in total. The third-order valence-corrected chi connectivity index (χ3v) is 7.34. The number of benzene rings is 4. The Balaban J connectivity index is 1.46. The summed E-state index contributed by atoms with van der Waals surface area (Å²) < 4.78 is 11.7. The van der Waals surface area contributed by atoms with E-state index in [-0.39, 0.29) is 30.9 Å². The first-order valence-corrected chi connectivity index (χ1v) is 11.7. The predicted octanol–water partition coefficient (Wildman–Crippen LogP) is 5.08. The smallest absolute Gasteiger partial charge is 0.246 e. The molecule has 4 aromatic carbocycles. The van der Waals surface area contributed by atoms with E-state index in [1.807, 2.05) is 71.6 Å². The van der Waals surface area contributed by atoms with Crippen molar-refractivity contribution in [3.8, 4) is 11.5 Å². The van der Waals surface area contributed by atoms with Gasteiger partial charge in [0, 0.05) is 17.3 Å². The Morgan fingerprint density at radius 3 is 2.09 bits per heavy atom. The van der Waals surface area contributed by atoms with Gasteiger partial charge >= 0.3 is 0 Å². The number of Topliss-reactive ketones (excluding diaryl/α,β-unsaturated/α-hetero) is 1. The van der Waals surface area contributed by atoms with Gasteiger partial charge < -0.3 is 9.47 Å². The molecule has 0 radical (unpaired) electrons. The normalized spacial score (nSPS) is 19.5. The Morgan fingerprint density at radius 1 is 0.714 bits per heavy atom. The molecule has 0 fully saturated rings. The van der Waals surface area contributed by atoms with Crippen molar-refractivity contribution in [2.75, 3.05) is 18.1 Å². The van der Waals surface area contributed by atoms with E-state index in [0.717, 1.165) is 27.9 Å². The van der Waals surface area contributed by atoms with Crippen LogP contribution >= 0.6 is 0 Å². The monoisotopic (exact) mass is 459 g/mol. The van der Waals surface area contributed by atoms with Crippen molar-refractivity contribution in [2.24, 2.45) is 0 Å². The lowest BCUT2D eigenvalue weighted by Gasteiger charge is -2.31. The number of rotatable bonds is 3. The first-order valence-electron chi connectivity index (χ1n) is 11.7. The highest BCUT2D eigenvalue weighted by molar-refractivity contribution is 6.13. The summed E-state index contributed by atoms with van der Waals surface area (Å²) in [5.41, 5.74) is 4.02. The molecule has 0 saturated heterocycles. The third kappa shape index (κ3) is 2.69. The van der Waals surface area contributed by atoms with E-state index >= 15 is 0 Å². The molecule has 1 atom stereocenters. The van der Waals surface area contributed by atoms with Crippen molar-refractivity contribution in [2.45, 2.75) is 11.5 Å². The van der Waals surface area contributed by atoms with Gasteiger partial charge in [0.05, 0.1) is 11.6 Å². The summed E-state index contributed by atoms with van der Waals surface area (Å²) >= 11 is 0. The van der Waals surface area contributed by atoms with E-state index in [0.29, 0.717) is 17.1 Å². The number of ether oxygens (including phenoxy) is 2. The zero-order valence-corrected chi connectivity index (χ0v) is 18.8. The lowest BCUT2D eigenvalue weighted by molar-refractivity contribution is -0.122. The Kier molecular flexibility index (Phi) is 4.18. The topological polar surface area (TPSA) is 55.8 Å². The van der Waals surface area contributed by atoms with Crippen LogP contribution in [0, 0.1) is 0 Å². The number of carbonyl (C=O) groups is 2. The summed E-state index contributed by atoms with van der Waals surface area (Å²) in [6.07, 6.45) is 0. The molecule has 4 aromatic rings. The van der Waals surface area contributed by atoms with Crippen molar-refractivity contribution in [1.29, 1.82) is 0 Å². The maximum atomic E-state index is 14.6. The highest BCUT2D eigenvalue weighted by Crippen LogP contribution is 2.56. The minimum atomic E-state index is -1.02. The summed E-state index contributed by atoms with van der Waals surface area (Å²) in [6.45, 7) is 0.202. The molecule has 1 spiro atoms. The van der Waals surface area contributed by atoms with Gasteiger partial charge in [-0.05, 0) is 28.8 Å². The molecule has 0 aromatic heterocycles. The van der Waals surface area contributed by atoms with E-state index in [1.54, 1.807) is 6.07 Å². The second kappa shape index (κ2) is 7.31. The van der Waals surface area contributed by atoms with E-state index in [4.69, 9.17) is 9.47 Å². The lowest BCUT2D eigenvalue weighted by atomic mass is 9.76. The number of amides is 1. The van der Waals surface area contributed by atoms with Crippen LogP contribution in [0.2, 0.25) is 0 Å². The Morgan fingerprint density at radius 2 is 1.37 bits per heavy atom. The molecular weight excluding hydrogens is 438 g/mol. The first-order chi connectivity index (χ1) is 17.2. The van der Waals surface area contributed by atoms with E-state index in [2.05, 4.69) is 24.3 Å². The summed E-state index contributed by atoms with van der Waals surface area (Å²) in [5, 5.41) is 0. The molecule has 0 aliphatic carbocycles. The zero-order valence-electron chi connectivity index (χ0n) is 18.8. The number of anilines is 1. The second-order valence-corrected chi connectivity index (χ2v) is 9.17. The molecule has 3 heterocycles. The summed E-state index contributed by atoms with van der Waals surface area (Å²) in [4.78, 5) is 29.0. The fourth-order valence-corrected chi connectivity index (χ4v) is 5.73. The Bertz CT molecular complexity index is 1460. The largest absolute Gasteiger partial charge is 0.491 e. The number of nitrogens with zero attached hydrogens (tertiary/aromatic N) is 1. The number of fused-ring (bicyclic) bond motifs is 5. The average molecular weight is 460 g/mol. The number of para-hydroxylation sites is 1. The average Bonchev–Trinajstić information content (AvgIpc) is 3.54. The molecule has 0 saturated carbocycles. The fourth-order valence-electron chi connectivity index (χ4n) is 5.73. The highest BCUT2D eigenvalue weighted by atomic mass is 16.5. The molecule has 1 amide bonds. The minimum absolute atomic E-state index is 0.0198. The van der Waals surface area contributed by atoms with Crippen LogP contribution in [0.15, 0.2) is 97.1 Å². The molecule has 35 heavy (non-hydrogen) atoms.